The topological polar surface area (TPSA) is 35.3 Å². The summed E-state index contributed by atoms with van der Waals surface area (Å²) in [5, 5.41) is 0. The number of hydrogen-bond acceptors (Lipinski definition) is 3. The Kier molecular flexibility index (Phi) is 1.77. The lowest BCUT2D eigenvalue weighted by Gasteiger charge is -2.01. The summed E-state index contributed by atoms with van der Waals surface area (Å²) in [5.41, 5.74) is 1.76. The number of benzene rings is 1. The molecule has 1 aromatic heterocycles. The van der Waals surface area contributed by atoms with Gasteiger partial charge in [-0.1, -0.05) is 12.1 Å². The van der Waals surface area contributed by atoms with E-state index in [4.69, 9.17) is 9.15 Å². The van der Waals surface area contributed by atoms with Crippen LogP contribution in [0.15, 0.2) is 28.7 Å². The fourth-order valence-corrected chi connectivity index (χ4v) is 1.80. The Morgan fingerprint density at radius 1 is 1.29 bits per heavy atom. The van der Waals surface area contributed by atoms with Crippen LogP contribution in [-0.2, 0) is 4.74 Å². The van der Waals surface area contributed by atoms with Crippen molar-refractivity contribution in [2.75, 3.05) is 6.61 Å². The van der Waals surface area contributed by atoms with Crippen molar-refractivity contribution in [1.82, 2.24) is 4.98 Å². The molecular weight excluding hydrogens is 178 g/mol. The fourth-order valence-electron chi connectivity index (χ4n) is 1.80. The van der Waals surface area contributed by atoms with Gasteiger partial charge in [-0.2, -0.15) is 0 Å². The summed E-state index contributed by atoms with van der Waals surface area (Å²) in [6.07, 6.45) is 2.19. The van der Waals surface area contributed by atoms with Crippen LogP contribution in [0.5, 0.6) is 0 Å². The molecule has 1 unspecified atom stereocenters. The van der Waals surface area contributed by atoms with Gasteiger partial charge in [-0.05, 0) is 25.0 Å². The van der Waals surface area contributed by atoms with Gasteiger partial charge < -0.3 is 9.15 Å². The van der Waals surface area contributed by atoms with Crippen LogP contribution in [-0.4, -0.2) is 11.6 Å². The highest BCUT2D eigenvalue weighted by Crippen LogP contribution is 2.29. The zero-order valence-corrected chi connectivity index (χ0v) is 7.77. The summed E-state index contributed by atoms with van der Waals surface area (Å²) in [7, 11) is 0. The van der Waals surface area contributed by atoms with Gasteiger partial charge in [0.25, 0.3) is 0 Å². The standard InChI is InChI=1S/C11H11NO2/c1-2-5-9-8(4-1)12-11(14-9)10-6-3-7-13-10/h1-2,4-5,10H,3,6-7H2. The molecule has 2 heterocycles. The number of ether oxygens (including phenoxy) is 1. The number of para-hydroxylation sites is 2. The molecule has 0 saturated carbocycles. The summed E-state index contributed by atoms with van der Waals surface area (Å²) in [4.78, 5) is 4.40. The van der Waals surface area contributed by atoms with Gasteiger partial charge in [0.2, 0.25) is 5.89 Å². The second kappa shape index (κ2) is 3.10. The number of oxazole rings is 1. The molecule has 1 aliphatic heterocycles. The number of hydrogen-bond donors (Lipinski definition) is 0. The minimum absolute atomic E-state index is 0.0717. The molecule has 2 aromatic rings. The van der Waals surface area contributed by atoms with Crippen LogP contribution in [0.2, 0.25) is 0 Å². The second-order valence-electron chi connectivity index (χ2n) is 3.52. The third-order valence-electron chi connectivity index (χ3n) is 2.52. The molecule has 0 aliphatic carbocycles. The number of fused-ring (bicyclic) bond motifs is 1. The predicted octanol–water partition coefficient (Wildman–Crippen LogP) is 2.68. The van der Waals surface area contributed by atoms with Crippen molar-refractivity contribution < 1.29 is 9.15 Å². The Bertz CT molecular complexity index is 410. The number of nitrogens with zero attached hydrogens (tertiary/aromatic N) is 1. The van der Waals surface area contributed by atoms with E-state index < -0.39 is 0 Å². The summed E-state index contributed by atoms with van der Waals surface area (Å²) < 4.78 is 11.1. The SMILES string of the molecule is c1ccc2oc(C3CCCO3)nc2c1. The van der Waals surface area contributed by atoms with Crippen LogP contribution in [0.25, 0.3) is 11.1 Å². The van der Waals surface area contributed by atoms with Crippen LogP contribution >= 0.6 is 0 Å². The van der Waals surface area contributed by atoms with Crippen LogP contribution in [0.1, 0.15) is 24.8 Å². The quantitative estimate of drug-likeness (QED) is 0.691. The minimum atomic E-state index is 0.0717. The molecule has 3 nitrogen and oxygen atoms in total. The van der Waals surface area contributed by atoms with E-state index in [9.17, 15) is 0 Å². The normalized spacial score (nSPS) is 21.9. The molecule has 1 atom stereocenters. The third-order valence-corrected chi connectivity index (χ3v) is 2.52. The second-order valence-corrected chi connectivity index (χ2v) is 3.52. The smallest absolute Gasteiger partial charge is 0.224 e. The summed E-state index contributed by atoms with van der Waals surface area (Å²) >= 11 is 0. The molecule has 1 aliphatic rings. The molecule has 0 radical (unpaired) electrons. The molecule has 1 saturated heterocycles. The monoisotopic (exact) mass is 189 g/mol. The molecule has 0 N–H and O–H groups in total. The van der Waals surface area contributed by atoms with E-state index in [0.717, 1.165) is 36.4 Å². The Hall–Kier alpha value is -1.35. The molecule has 0 amide bonds. The first-order valence-corrected chi connectivity index (χ1v) is 4.90. The Morgan fingerprint density at radius 3 is 3.00 bits per heavy atom. The summed E-state index contributed by atoms with van der Waals surface area (Å²) in [5.74, 6) is 0.726. The van der Waals surface area contributed by atoms with Crippen molar-refractivity contribution >= 4 is 11.1 Å². The number of rotatable bonds is 1. The lowest BCUT2D eigenvalue weighted by Crippen LogP contribution is -1.94. The van der Waals surface area contributed by atoms with Gasteiger partial charge in [0.1, 0.15) is 11.6 Å². The molecule has 3 rings (SSSR count). The lowest BCUT2D eigenvalue weighted by atomic mass is 10.2. The summed E-state index contributed by atoms with van der Waals surface area (Å²) in [6.45, 7) is 0.823. The van der Waals surface area contributed by atoms with E-state index in [-0.39, 0.29) is 6.10 Å². The zero-order valence-electron chi connectivity index (χ0n) is 7.77. The van der Waals surface area contributed by atoms with Gasteiger partial charge in [-0.15, -0.1) is 0 Å². The van der Waals surface area contributed by atoms with Gasteiger partial charge in [0, 0.05) is 6.61 Å². The van der Waals surface area contributed by atoms with Crippen molar-refractivity contribution in [2.45, 2.75) is 18.9 Å². The maximum absolute atomic E-state index is 5.62. The van der Waals surface area contributed by atoms with Crippen molar-refractivity contribution in [2.24, 2.45) is 0 Å². The van der Waals surface area contributed by atoms with Crippen molar-refractivity contribution in [3.8, 4) is 0 Å². The lowest BCUT2D eigenvalue weighted by molar-refractivity contribution is 0.0907. The van der Waals surface area contributed by atoms with E-state index in [0.29, 0.717) is 0 Å². The maximum atomic E-state index is 5.62. The van der Waals surface area contributed by atoms with Crippen LogP contribution in [0.3, 0.4) is 0 Å². The first-order chi connectivity index (χ1) is 6.93. The van der Waals surface area contributed by atoms with E-state index in [1.54, 1.807) is 0 Å². The zero-order chi connectivity index (χ0) is 9.38. The van der Waals surface area contributed by atoms with Crippen LogP contribution < -0.4 is 0 Å². The fraction of sp³-hybridized carbons (Fsp3) is 0.364. The summed E-state index contributed by atoms with van der Waals surface area (Å²) in [6, 6.07) is 7.80. The Labute approximate surface area is 81.7 Å². The van der Waals surface area contributed by atoms with Crippen LogP contribution in [0.4, 0.5) is 0 Å². The maximum Gasteiger partial charge on any atom is 0.224 e. The largest absolute Gasteiger partial charge is 0.438 e. The van der Waals surface area contributed by atoms with E-state index in [1.807, 2.05) is 24.3 Å². The highest BCUT2D eigenvalue weighted by Gasteiger charge is 2.22. The Morgan fingerprint density at radius 2 is 2.21 bits per heavy atom. The van der Waals surface area contributed by atoms with Gasteiger partial charge in [0.15, 0.2) is 5.58 Å². The van der Waals surface area contributed by atoms with E-state index in [1.165, 1.54) is 0 Å². The van der Waals surface area contributed by atoms with E-state index in [2.05, 4.69) is 4.98 Å². The van der Waals surface area contributed by atoms with Crippen molar-refractivity contribution in [1.29, 1.82) is 0 Å². The first kappa shape index (κ1) is 8.00. The molecule has 0 bridgehead atoms. The third kappa shape index (κ3) is 1.21. The molecule has 0 spiro atoms. The molecule has 72 valence electrons. The number of aromatic nitrogens is 1. The van der Waals surface area contributed by atoms with Gasteiger partial charge >= 0.3 is 0 Å². The van der Waals surface area contributed by atoms with Gasteiger partial charge in [0.05, 0.1) is 0 Å². The van der Waals surface area contributed by atoms with Crippen molar-refractivity contribution in [3.63, 3.8) is 0 Å². The average molecular weight is 189 g/mol. The Balaban J connectivity index is 2.05. The molecular formula is C11H11NO2. The van der Waals surface area contributed by atoms with E-state index >= 15 is 0 Å². The molecule has 1 fully saturated rings. The molecule has 1 aromatic carbocycles. The van der Waals surface area contributed by atoms with Gasteiger partial charge in [-0.25, -0.2) is 4.98 Å². The first-order valence-electron chi connectivity index (χ1n) is 4.90. The predicted molar refractivity (Wildman–Crippen MR) is 51.9 cm³/mol. The average Bonchev–Trinajstić information content (AvgIpc) is 2.86. The van der Waals surface area contributed by atoms with Gasteiger partial charge in [-0.3, -0.25) is 0 Å². The highest BCUT2D eigenvalue weighted by atomic mass is 16.5. The minimum Gasteiger partial charge on any atom is -0.438 e. The molecule has 3 heteroatoms. The van der Waals surface area contributed by atoms with Crippen molar-refractivity contribution in [3.05, 3.63) is 30.2 Å². The molecule has 14 heavy (non-hydrogen) atoms. The van der Waals surface area contributed by atoms with Crippen LogP contribution in [0, 0.1) is 0 Å². The highest BCUT2D eigenvalue weighted by molar-refractivity contribution is 5.72.